The first-order valence-corrected chi connectivity index (χ1v) is 14.6. The molecular formula is C31H38N6O8. The van der Waals surface area contributed by atoms with Crippen molar-refractivity contribution in [1.82, 2.24) is 15.0 Å². The Morgan fingerprint density at radius 1 is 1.07 bits per heavy atom. The number of amides is 5. The van der Waals surface area contributed by atoms with E-state index in [0.717, 1.165) is 0 Å². The predicted molar refractivity (Wildman–Crippen MR) is 165 cm³/mol. The van der Waals surface area contributed by atoms with E-state index in [2.05, 4.69) is 21.1 Å². The summed E-state index contributed by atoms with van der Waals surface area (Å²) in [5.41, 5.74) is 2.60. The fraction of sp³-hybridized carbons (Fsp3) is 0.419. The highest BCUT2D eigenvalue weighted by Gasteiger charge is 2.32. The summed E-state index contributed by atoms with van der Waals surface area (Å²) in [7, 11) is 1.65. The second-order valence-electron chi connectivity index (χ2n) is 11.4. The van der Waals surface area contributed by atoms with Crippen molar-refractivity contribution >= 4 is 35.0 Å². The van der Waals surface area contributed by atoms with Crippen LogP contribution in [0.25, 0.3) is 0 Å². The highest BCUT2D eigenvalue weighted by Crippen LogP contribution is 2.34. The minimum absolute atomic E-state index is 0.0131. The zero-order chi connectivity index (χ0) is 32.2. The van der Waals surface area contributed by atoms with Gasteiger partial charge >= 0.3 is 12.1 Å². The van der Waals surface area contributed by atoms with Crippen molar-refractivity contribution in [1.29, 1.82) is 0 Å². The fourth-order valence-electron chi connectivity index (χ4n) is 5.21. The summed E-state index contributed by atoms with van der Waals surface area (Å²) >= 11 is 0. The summed E-state index contributed by atoms with van der Waals surface area (Å²) in [5.74, 6) is 1.69. The molecule has 2 aliphatic rings. The Morgan fingerprint density at radius 2 is 1.76 bits per heavy atom. The number of hydrogen-bond donors (Lipinski definition) is 4. The zero-order valence-corrected chi connectivity index (χ0v) is 25.9. The highest BCUT2D eigenvalue weighted by molar-refractivity contribution is 6.00. The lowest BCUT2D eigenvalue weighted by atomic mass is 10.0. The van der Waals surface area contributed by atoms with E-state index in [1.165, 1.54) is 4.90 Å². The molecule has 0 spiro atoms. The number of likely N-dealkylation sites (N-methyl/N-ethyl adjacent to an activating group) is 1. The summed E-state index contributed by atoms with van der Waals surface area (Å²) in [6.45, 7) is 7.60. The Labute approximate surface area is 260 Å². The number of aliphatic hydroxyl groups is 1. The number of aliphatic hydroxyl groups excluding tert-OH is 1. The summed E-state index contributed by atoms with van der Waals surface area (Å²) in [4.78, 5) is 42.6. The Balaban J connectivity index is 1.35. The molecule has 1 aromatic heterocycles. The van der Waals surface area contributed by atoms with Crippen LogP contribution in [0.1, 0.15) is 30.9 Å². The number of aryl methyl sites for hydroxylation is 2. The van der Waals surface area contributed by atoms with Crippen LogP contribution in [0, 0.1) is 19.8 Å². The van der Waals surface area contributed by atoms with E-state index in [9.17, 15) is 19.5 Å². The van der Waals surface area contributed by atoms with Gasteiger partial charge in [0.2, 0.25) is 12.7 Å². The van der Waals surface area contributed by atoms with Gasteiger partial charge in [-0.15, -0.1) is 0 Å². The van der Waals surface area contributed by atoms with E-state index < -0.39 is 18.2 Å². The van der Waals surface area contributed by atoms with Crippen LogP contribution < -0.4 is 30.2 Å². The molecule has 5 amide bonds. The van der Waals surface area contributed by atoms with Crippen LogP contribution in [0.15, 0.2) is 40.9 Å². The van der Waals surface area contributed by atoms with Crippen LogP contribution in [0.3, 0.4) is 0 Å². The van der Waals surface area contributed by atoms with Gasteiger partial charge in [-0.2, -0.15) is 0 Å². The van der Waals surface area contributed by atoms with Crippen LogP contribution in [-0.2, 0) is 11.2 Å². The Bertz CT molecular complexity index is 1560. The van der Waals surface area contributed by atoms with Gasteiger partial charge in [-0.3, -0.25) is 4.79 Å². The molecule has 4 N–H and O–H groups in total. The number of rotatable bonds is 7. The minimum atomic E-state index is -0.517. The van der Waals surface area contributed by atoms with Gasteiger partial charge in [0.15, 0.2) is 17.3 Å². The molecule has 3 heterocycles. The molecule has 0 aliphatic carbocycles. The second kappa shape index (κ2) is 13.3. The number of fused-ring (bicyclic) bond motifs is 2. The van der Waals surface area contributed by atoms with Gasteiger partial charge < -0.3 is 49.6 Å². The molecule has 14 heteroatoms. The third-order valence-corrected chi connectivity index (χ3v) is 7.87. The van der Waals surface area contributed by atoms with E-state index in [0.29, 0.717) is 57.9 Å². The molecule has 0 fully saturated rings. The number of ether oxygens (including phenoxy) is 3. The lowest BCUT2D eigenvalue weighted by molar-refractivity contribution is -0.134. The highest BCUT2D eigenvalue weighted by atomic mass is 16.7. The van der Waals surface area contributed by atoms with Crippen molar-refractivity contribution in [3.8, 4) is 17.2 Å². The third kappa shape index (κ3) is 7.23. The van der Waals surface area contributed by atoms with E-state index >= 15 is 0 Å². The van der Waals surface area contributed by atoms with Crippen LogP contribution in [-0.4, -0.2) is 83.7 Å². The average Bonchev–Trinajstić information content (AvgIpc) is 3.61. The standard InChI is InChI=1S/C31H38N6O8/c1-17-13-37(18(2)15-38)28(39)11-21-10-22(32-30(40)33-23-7-9-25-26(12-23)43-16-42-25)6-8-24(21)44-27(17)14-36(5)31(41)34-29-19(3)35-45-20(29)4/h6-10,12,17-18,27,38H,11,13-16H2,1-5H3,(H,34,41)(H2,32,33,40)/t17-,18-,27-/m1/s1. The number of nitrogens with one attached hydrogen (secondary N) is 3. The first kappa shape index (κ1) is 31.4. The topological polar surface area (TPSA) is 168 Å². The molecule has 5 rings (SSSR count). The Morgan fingerprint density at radius 3 is 2.44 bits per heavy atom. The van der Waals surface area contributed by atoms with Crippen LogP contribution in [0.5, 0.6) is 17.2 Å². The van der Waals surface area contributed by atoms with E-state index in [1.54, 1.807) is 69.1 Å². The van der Waals surface area contributed by atoms with Crippen molar-refractivity contribution < 1.29 is 38.2 Å². The van der Waals surface area contributed by atoms with Gasteiger partial charge in [0.25, 0.3) is 0 Å². The van der Waals surface area contributed by atoms with E-state index in [4.69, 9.17) is 18.7 Å². The number of aromatic nitrogens is 1. The van der Waals surface area contributed by atoms with E-state index in [1.807, 2.05) is 6.92 Å². The molecule has 0 radical (unpaired) electrons. The van der Waals surface area contributed by atoms with Crippen molar-refractivity contribution in [3.63, 3.8) is 0 Å². The van der Waals surface area contributed by atoms with Crippen LogP contribution in [0.4, 0.5) is 26.7 Å². The van der Waals surface area contributed by atoms with Gasteiger partial charge in [0, 0.05) is 42.5 Å². The predicted octanol–water partition coefficient (Wildman–Crippen LogP) is 3.98. The maximum Gasteiger partial charge on any atom is 0.323 e. The lowest BCUT2D eigenvalue weighted by Gasteiger charge is -2.34. The Kier molecular flexibility index (Phi) is 9.32. The average molecular weight is 623 g/mol. The number of benzene rings is 2. The molecule has 3 atom stereocenters. The van der Waals surface area contributed by atoms with Crippen molar-refractivity contribution in [2.75, 3.05) is 49.5 Å². The number of hydrogen-bond acceptors (Lipinski definition) is 9. The smallest absolute Gasteiger partial charge is 0.323 e. The number of nitrogens with zero attached hydrogens (tertiary/aromatic N) is 3. The third-order valence-electron chi connectivity index (χ3n) is 7.87. The van der Waals surface area contributed by atoms with Gasteiger partial charge in [-0.25, -0.2) is 9.59 Å². The van der Waals surface area contributed by atoms with E-state index in [-0.39, 0.29) is 44.2 Å². The molecular weight excluding hydrogens is 584 g/mol. The fourth-order valence-corrected chi connectivity index (χ4v) is 5.21. The minimum Gasteiger partial charge on any atom is -0.488 e. The molecule has 2 aliphatic heterocycles. The molecule has 2 aromatic carbocycles. The van der Waals surface area contributed by atoms with Crippen LogP contribution >= 0.6 is 0 Å². The zero-order valence-electron chi connectivity index (χ0n) is 25.9. The first-order chi connectivity index (χ1) is 21.5. The van der Waals surface area contributed by atoms with Crippen molar-refractivity contribution in [2.24, 2.45) is 5.92 Å². The number of carbonyl (C=O) groups excluding carboxylic acids is 3. The largest absolute Gasteiger partial charge is 0.488 e. The quantitative estimate of drug-likeness (QED) is 0.305. The molecule has 3 aromatic rings. The van der Waals surface area contributed by atoms with Crippen molar-refractivity contribution in [3.05, 3.63) is 53.4 Å². The summed E-state index contributed by atoms with van der Waals surface area (Å²) in [5, 5.41) is 22.2. The Hall–Kier alpha value is -4.98. The first-order valence-electron chi connectivity index (χ1n) is 14.6. The summed E-state index contributed by atoms with van der Waals surface area (Å²) in [6, 6.07) is 8.87. The van der Waals surface area contributed by atoms with Gasteiger partial charge in [0.05, 0.1) is 25.6 Å². The van der Waals surface area contributed by atoms with Gasteiger partial charge in [-0.1, -0.05) is 12.1 Å². The molecule has 240 valence electrons. The molecule has 0 unspecified atom stereocenters. The SMILES string of the molecule is Cc1noc(C)c1NC(=O)N(C)C[C@H]1Oc2ccc(NC(=O)Nc3ccc4c(c3)OCO4)cc2CC(=O)N([C@H](C)CO)C[C@H]1C. The van der Waals surface area contributed by atoms with Gasteiger partial charge in [-0.05, 0) is 51.1 Å². The van der Waals surface area contributed by atoms with Crippen LogP contribution in [0.2, 0.25) is 0 Å². The number of urea groups is 2. The maximum atomic E-state index is 13.5. The number of carbonyl (C=O) groups is 3. The second-order valence-corrected chi connectivity index (χ2v) is 11.4. The molecule has 0 saturated heterocycles. The maximum absolute atomic E-state index is 13.5. The summed E-state index contributed by atoms with van der Waals surface area (Å²) in [6.07, 6.45) is -0.530. The lowest BCUT2D eigenvalue weighted by Crippen LogP contribution is -2.48. The molecule has 45 heavy (non-hydrogen) atoms. The normalized spacial score (nSPS) is 18.1. The van der Waals surface area contributed by atoms with Gasteiger partial charge in [0.1, 0.15) is 23.2 Å². The molecule has 0 bridgehead atoms. The summed E-state index contributed by atoms with van der Waals surface area (Å²) < 4.78 is 22.3. The molecule has 14 nitrogen and oxygen atoms in total. The monoisotopic (exact) mass is 622 g/mol. The molecule has 0 saturated carbocycles. The number of anilines is 3. The van der Waals surface area contributed by atoms with Crippen molar-refractivity contribution in [2.45, 2.75) is 46.3 Å².